The van der Waals surface area contributed by atoms with Crippen molar-refractivity contribution in [1.82, 2.24) is 4.90 Å². The Balaban J connectivity index is 2.19. The Morgan fingerprint density at radius 1 is 0.909 bits per heavy atom. The number of amides is 1. The maximum atomic E-state index is 12.9. The van der Waals surface area contributed by atoms with Gasteiger partial charge in [0.05, 0.1) is 11.7 Å². The minimum absolute atomic E-state index is 0.0367. The van der Waals surface area contributed by atoms with E-state index in [2.05, 4.69) is 0 Å². The summed E-state index contributed by atoms with van der Waals surface area (Å²) < 4.78 is 36.2. The highest BCUT2D eigenvalue weighted by atomic mass is 32.2. The molecular formula is C25H33NO6S. The number of ether oxygens (including phenoxy) is 1. The lowest BCUT2D eigenvalue weighted by Crippen LogP contribution is -2.36. The summed E-state index contributed by atoms with van der Waals surface area (Å²) in [7, 11) is -4.27. The van der Waals surface area contributed by atoms with Crippen LogP contribution in [0.15, 0.2) is 53.4 Å². The Kier molecular flexibility index (Phi) is 9.05. The Hall–Kier alpha value is -2.87. The minimum atomic E-state index is -4.27. The fourth-order valence-electron chi connectivity index (χ4n) is 3.17. The monoisotopic (exact) mass is 475 g/mol. The summed E-state index contributed by atoms with van der Waals surface area (Å²) in [5.41, 5.74) is 0.769. The maximum absolute atomic E-state index is 12.9. The van der Waals surface area contributed by atoms with Crippen molar-refractivity contribution < 1.29 is 26.9 Å². The van der Waals surface area contributed by atoms with Crippen LogP contribution in [0.1, 0.15) is 63.9 Å². The molecule has 0 aliphatic rings. The predicted molar refractivity (Wildman–Crippen MR) is 126 cm³/mol. The zero-order valence-electron chi connectivity index (χ0n) is 20.1. The Bertz CT molecular complexity index is 1060. The third-order valence-corrected chi connectivity index (χ3v) is 6.03. The highest BCUT2D eigenvalue weighted by Crippen LogP contribution is 2.24. The molecular weight excluding hydrogens is 442 g/mol. The van der Waals surface area contributed by atoms with Gasteiger partial charge in [-0.25, -0.2) is 4.79 Å². The predicted octanol–water partition coefficient (Wildman–Crippen LogP) is 4.80. The van der Waals surface area contributed by atoms with Gasteiger partial charge >= 0.3 is 16.1 Å². The van der Waals surface area contributed by atoms with Gasteiger partial charge in [-0.15, -0.1) is 0 Å². The summed E-state index contributed by atoms with van der Waals surface area (Å²) in [6.07, 6.45) is 0.0792. The third-order valence-electron chi connectivity index (χ3n) is 4.73. The van der Waals surface area contributed by atoms with E-state index in [-0.39, 0.29) is 40.2 Å². The molecule has 0 heterocycles. The molecule has 0 radical (unpaired) electrons. The number of esters is 1. The second-order valence-corrected chi connectivity index (χ2v) is 10.4. The van der Waals surface area contributed by atoms with Crippen molar-refractivity contribution in [3.8, 4) is 5.75 Å². The molecule has 0 bridgehead atoms. The van der Waals surface area contributed by atoms with Crippen molar-refractivity contribution >= 4 is 22.0 Å². The first-order valence-corrected chi connectivity index (χ1v) is 12.4. The van der Waals surface area contributed by atoms with E-state index in [9.17, 15) is 18.0 Å². The molecule has 2 aromatic carbocycles. The average Bonchev–Trinajstić information content (AvgIpc) is 2.71. The molecule has 0 spiro atoms. The smallest absolute Gasteiger partial charge is 0.340 e. The van der Waals surface area contributed by atoms with Crippen molar-refractivity contribution in [2.24, 2.45) is 5.92 Å². The number of carbonyl (C=O) groups excluding carboxylic acids is 2. The van der Waals surface area contributed by atoms with Crippen LogP contribution >= 0.6 is 0 Å². The summed E-state index contributed by atoms with van der Waals surface area (Å²) in [6, 6.07) is 12.3. The van der Waals surface area contributed by atoms with E-state index in [4.69, 9.17) is 8.92 Å². The van der Waals surface area contributed by atoms with Gasteiger partial charge in [-0.1, -0.05) is 38.1 Å². The highest BCUT2D eigenvalue weighted by Gasteiger charge is 2.25. The molecule has 1 amide bonds. The zero-order chi connectivity index (χ0) is 24.8. The maximum Gasteiger partial charge on any atom is 0.340 e. The zero-order valence-corrected chi connectivity index (χ0v) is 20.9. The molecule has 2 rings (SSSR count). The second kappa shape index (κ2) is 11.3. The van der Waals surface area contributed by atoms with Crippen molar-refractivity contribution in [3.05, 3.63) is 59.7 Å². The second-order valence-electron chi connectivity index (χ2n) is 8.84. The van der Waals surface area contributed by atoms with Crippen LogP contribution in [0.25, 0.3) is 0 Å². The van der Waals surface area contributed by atoms with Gasteiger partial charge in [-0.2, -0.15) is 8.42 Å². The molecule has 0 saturated carbocycles. The van der Waals surface area contributed by atoms with E-state index in [0.29, 0.717) is 13.0 Å². The van der Waals surface area contributed by atoms with E-state index >= 15 is 0 Å². The van der Waals surface area contributed by atoms with Crippen LogP contribution in [0, 0.1) is 5.92 Å². The summed E-state index contributed by atoms with van der Waals surface area (Å²) in [4.78, 5) is 26.4. The van der Waals surface area contributed by atoms with E-state index in [0.717, 1.165) is 5.56 Å². The lowest BCUT2D eigenvalue weighted by atomic mass is 10.1. The third kappa shape index (κ3) is 7.60. The quantitative estimate of drug-likeness (QED) is 0.362. The molecule has 0 fully saturated rings. The largest absolute Gasteiger partial charge is 0.459 e. The minimum Gasteiger partial charge on any atom is -0.459 e. The molecule has 2 aromatic rings. The van der Waals surface area contributed by atoms with Gasteiger partial charge in [0.25, 0.3) is 0 Å². The highest BCUT2D eigenvalue weighted by molar-refractivity contribution is 7.87. The van der Waals surface area contributed by atoms with Crippen LogP contribution in [0.3, 0.4) is 0 Å². The first kappa shape index (κ1) is 26.4. The number of hydrogen-bond acceptors (Lipinski definition) is 6. The Morgan fingerprint density at radius 2 is 1.52 bits per heavy atom. The van der Waals surface area contributed by atoms with Crippen molar-refractivity contribution in [2.45, 2.75) is 71.5 Å². The van der Waals surface area contributed by atoms with Gasteiger partial charge in [0.2, 0.25) is 5.91 Å². The van der Waals surface area contributed by atoms with Crippen molar-refractivity contribution in [1.29, 1.82) is 0 Å². The first-order valence-electron chi connectivity index (χ1n) is 11.0. The van der Waals surface area contributed by atoms with E-state index < -0.39 is 16.1 Å². The molecule has 0 N–H and O–H groups in total. The van der Waals surface area contributed by atoms with Gasteiger partial charge in [0.15, 0.2) is 0 Å². The molecule has 0 unspecified atom stereocenters. The fourth-order valence-corrected chi connectivity index (χ4v) is 4.29. The van der Waals surface area contributed by atoms with Gasteiger partial charge in [0, 0.05) is 19.0 Å². The average molecular weight is 476 g/mol. The molecule has 7 nitrogen and oxygen atoms in total. The van der Waals surface area contributed by atoms with Gasteiger partial charge in [-0.05, 0) is 63.4 Å². The van der Waals surface area contributed by atoms with Gasteiger partial charge in [-0.3, -0.25) is 4.79 Å². The van der Waals surface area contributed by atoms with Gasteiger partial charge < -0.3 is 13.8 Å². The number of rotatable bonds is 10. The first-order chi connectivity index (χ1) is 15.4. The van der Waals surface area contributed by atoms with E-state index in [1.54, 1.807) is 36.9 Å². The standard InChI is InChI=1S/C25H33NO6S/c1-17(2)15-24(27)26(18(3)4)16-20-11-13-21(14-12-20)32-33(29,30)23-10-8-7-9-22(23)25(28)31-19(5)6/h7-14,17-19H,15-16H2,1-6H3. The number of hydrogen-bond donors (Lipinski definition) is 0. The summed E-state index contributed by atoms with van der Waals surface area (Å²) in [6.45, 7) is 11.7. The van der Waals surface area contributed by atoms with Crippen LogP contribution in [0.4, 0.5) is 0 Å². The molecule has 0 aromatic heterocycles. The lowest BCUT2D eigenvalue weighted by Gasteiger charge is -2.27. The molecule has 33 heavy (non-hydrogen) atoms. The summed E-state index contributed by atoms with van der Waals surface area (Å²) in [5, 5.41) is 0. The number of benzene rings is 2. The fraction of sp³-hybridized carbons (Fsp3) is 0.440. The molecule has 0 saturated heterocycles. The van der Waals surface area contributed by atoms with E-state index in [1.807, 2.05) is 27.7 Å². The topological polar surface area (TPSA) is 90.0 Å². The number of carbonyl (C=O) groups is 2. The van der Waals surface area contributed by atoms with Crippen LogP contribution in [0.2, 0.25) is 0 Å². The molecule has 0 atom stereocenters. The summed E-state index contributed by atoms with van der Waals surface area (Å²) >= 11 is 0. The van der Waals surface area contributed by atoms with Crippen molar-refractivity contribution in [3.63, 3.8) is 0 Å². The van der Waals surface area contributed by atoms with Crippen molar-refractivity contribution in [2.75, 3.05) is 0 Å². The van der Waals surface area contributed by atoms with Crippen LogP contribution < -0.4 is 4.18 Å². The van der Waals surface area contributed by atoms with Crippen LogP contribution in [0.5, 0.6) is 5.75 Å². The SMILES string of the molecule is CC(C)CC(=O)N(Cc1ccc(OS(=O)(=O)c2ccccc2C(=O)OC(C)C)cc1)C(C)C. The molecule has 0 aliphatic heterocycles. The number of nitrogens with zero attached hydrogens (tertiary/aromatic N) is 1. The normalized spacial score (nSPS) is 11.7. The summed E-state index contributed by atoms with van der Waals surface area (Å²) in [5.74, 6) is -0.286. The molecule has 0 aliphatic carbocycles. The lowest BCUT2D eigenvalue weighted by molar-refractivity contribution is -0.134. The van der Waals surface area contributed by atoms with Crippen LogP contribution in [-0.4, -0.2) is 37.3 Å². The van der Waals surface area contributed by atoms with Gasteiger partial charge in [0.1, 0.15) is 10.6 Å². The van der Waals surface area contributed by atoms with E-state index in [1.165, 1.54) is 30.3 Å². The Labute approximate surface area is 196 Å². The van der Waals surface area contributed by atoms with Crippen LogP contribution in [-0.2, 0) is 26.2 Å². The Morgan fingerprint density at radius 3 is 2.06 bits per heavy atom. The molecule has 8 heteroatoms. The molecule has 180 valence electrons.